The predicted molar refractivity (Wildman–Crippen MR) is 75.3 cm³/mol. The molecule has 1 heterocycles. The van der Waals surface area contributed by atoms with E-state index in [2.05, 4.69) is 20.9 Å². The molecule has 0 saturated carbocycles. The van der Waals surface area contributed by atoms with Gasteiger partial charge >= 0.3 is 5.97 Å². The Labute approximate surface area is 118 Å². The van der Waals surface area contributed by atoms with Gasteiger partial charge in [0.2, 0.25) is 0 Å². The van der Waals surface area contributed by atoms with Crippen molar-refractivity contribution in [1.82, 2.24) is 4.98 Å². The first-order chi connectivity index (χ1) is 9.19. The lowest BCUT2D eigenvalue weighted by molar-refractivity contribution is -0.137. The second-order valence-electron chi connectivity index (χ2n) is 3.85. The minimum Gasteiger partial charge on any atom is -0.460 e. The number of pyridine rings is 1. The largest absolute Gasteiger partial charge is 0.460 e. The van der Waals surface area contributed by atoms with Gasteiger partial charge in [-0.25, -0.2) is 4.79 Å². The van der Waals surface area contributed by atoms with Gasteiger partial charge in [-0.05, 0) is 19.1 Å². The third-order valence-corrected chi connectivity index (χ3v) is 3.28. The smallest absolute Gasteiger partial charge is 0.379 e. The van der Waals surface area contributed by atoms with Crippen LogP contribution in [0.1, 0.15) is 22.8 Å². The second-order valence-corrected chi connectivity index (χ2v) is 4.41. The van der Waals surface area contributed by atoms with Crippen molar-refractivity contribution >= 4 is 38.6 Å². The first kappa shape index (κ1) is 13.7. The number of hydrogen-bond acceptors (Lipinski definition) is 4. The van der Waals surface area contributed by atoms with Gasteiger partial charge in [-0.2, -0.15) is 0 Å². The van der Waals surface area contributed by atoms with Gasteiger partial charge in [0.1, 0.15) is 0 Å². The van der Waals surface area contributed by atoms with Crippen molar-refractivity contribution in [3.05, 3.63) is 41.6 Å². The summed E-state index contributed by atoms with van der Waals surface area (Å²) < 4.78 is 4.75. The molecule has 0 aliphatic rings. The van der Waals surface area contributed by atoms with Crippen LogP contribution in [0.15, 0.2) is 30.5 Å². The number of benzene rings is 1. The van der Waals surface area contributed by atoms with Gasteiger partial charge in [-0.3, -0.25) is 9.78 Å². The number of rotatable bonds is 4. The molecule has 0 atom stereocenters. The van der Waals surface area contributed by atoms with Crippen LogP contribution in [0, 0.1) is 0 Å². The number of nitrogens with zero attached hydrogens (tertiary/aromatic N) is 1. The summed E-state index contributed by atoms with van der Waals surface area (Å²) in [4.78, 5) is 27.8. The van der Waals surface area contributed by atoms with Crippen LogP contribution in [0.3, 0.4) is 0 Å². The van der Waals surface area contributed by atoms with Crippen molar-refractivity contribution in [3.63, 3.8) is 0 Å². The zero-order valence-corrected chi connectivity index (χ0v) is 11.9. The van der Waals surface area contributed by atoms with Crippen LogP contribution in [0.2, 0.25) is 0 Å². The van der Waals surface area contributed by atoms with Crippen molar-refractivity contribution < 1.29 is 14.3 Å². The van der Waals surface area contributed by atoms with Gasteiger partial charge < -0.3 is 4.74 Å². The summed E-state index contributed by atoms with van der Waals surface area (Å²) in [6.45, 7) is 1.85. The number of aromatic nitrogens is 1. The molecule has 1 aromatic heterocycles. The molecule has 0 aliphatic heterocycles. The lowest BCUT2D eigenvalue weighted by atomic mass is 10.0. The number of Topliss-reactive ketones (excluding diaryl/α,β-unsaturated/α-hetero) is 1. The van der Waals surface area contributed by atoms with E-state index >= 15 is 0 Å². The van der Waals surface area contributed by atoms with Crippen LogP contribution >= 0.6 is 15.9 Å². The Bertz CT molecular complexity index is 640. The highest BCUT2D eigenvalue weighted by molar-refractivity contribution is 9.08. The molecule has 5 heteroatoms. The van der Waals surface area contributed by atoms with Crippen molar-refractivity contribution in [2.24, 2.45) is 0 Å². The van der Waals surface area contributed by atoms with Crippen LogP contribution in [0.25, 0.3) is 10.9 Å². The predicted octanol–water partition coefficient (Wildman–Crippen LogP) is 2.88. The molecule has 0 N–H and O–H groups in total. The highest BCUT2D eigenvalue weighted by Crippen LogP contribution is 2.23. The first-order valence-corrected chi connectivity index (χ1v) is 6.95. The van der Waals surface area contributed by atoms with Crippen LogP contribution < -0.4 is 0 Å². The SMILES string of the molecule is CCOC(=O)C(=O)c1ccc2cccnc2c1CBr. The molecule has 0 saturated heterocycles. The molecule has 0 radical (unpaired) electrons. The third-order valence-electron chi connectivity index (χ3n) is 2.72. The Morgan fingerprint density at radius 1 is 1.32 bits per heavy atom. The van der Waals surface area contributed by atoms with Crippen LogP contribution in [0.5, 0.6) is 0 Å². The minimum atomic E-state index is -0.833. The number of carbonyl (C=O) groups is 2. The fraction of sp³-hybridized carbons (Fsp3) is 0.214. The summed E-state index contributed by atoms with van der Waals surface area (Å²) in [5.74, 6) is -1.47. The molecule has 0 spiro atoms. The summed E-state index contributed by atoms with van der Waals surface area (Å²) in [5, 5.41) is 1.37. The standard InChI is InChI=1S/C14H12BrNO3/c1-2-19-14(18)13(17)10-6-5-9-4-3-7-16-12(9)11(10)8-15/h3-7H,2,8H2,1H3. The van der Waals surface area contributed by atoms with E-state index in [4.69, 9.17) is 4.74 Å². The average Bonchev–Trinajstić information content (AvgIpc) is 2.45. The number of esters is 1. The normalized spacial score (nSPS) is 10.4. The van der Waals surface area contributed by atoms with Crippen molar-refractivity contribution in [2.75, 3.05) is 6.61 Å². The lowest BCUT2D eigenvalue weighted by Gasteiger charge is -2.08. The number of halogens is 1. The number of alkyl halides is 1. The van der Waals surface area contributed by atoms with Crippen LogP contribution in [0.4, 0.5) is 0 Å². The molecule has 0 amide bonds. The Balaban J connectivity index is 2.55. The number of hydrogen-bond donors (Lipinski definition) is 0. The molecular formula is C14H12BrNO3. The summed E-state index contributed by atoms with van der Waals surface area (Å²) in [6.07, 6.45) is 1.66. The maximum Gasteiger partial charge on any atom is 0.379 e. The maximum atomic E-state index is 12.0. The Morgan fingerprint density at radius 3 is 2.79 bits per heavy atom. The van der Waals surface area contributed by atoms with Crippen molar-refractivity contribution in [3.8, 4) is 0 Å². The molecule has 0 bridgehead atoms. The lowest BCUT2D eigenvalue weighted by Crippen LogP contribution is -2.19. The van der Waals surface area contributed by atoms with Gasteiger partial charge in [0.15, 0.2) is 0 Å². The zero-order chi connectivity index (χ0) is 13.8. The van der Waals surface area contributed by atoms with Crippen LogP contribution in [-0.2, 0) is 14.9 Å². The number of fused-ring (bicyclic) bond motifs is 1. The van der Waals surface area contributed by atoms with Gasteiger partial charge in [-0.15, -0.1) is 0 Å². The number of ether oxygens (including phenoxy) is 1. The fourth-order valence-electron chi connectivity index (χ4n) is 1.86. The summed E-state index contributed by atoms with van der Waals surface area (Å²) in [6, 6.07) is 7.15. The van der Waals surface area contributed by atoms with E-state index in [1.165, 1.54) is 0 Å². The third kappa shape index (κ3) is 2.66. The molecule has 98 valence electrons. The first-order valence-electron chi connectivity index (χ1n) is 5.83. The van der Waals surface area contributed by atoms with E-state index in [-0.39, 0.29) is 6.61 Å². The monoisotopic (exact) mass is 321 g/mol. The maximum absolute atomic E-state index is 12.0. The Hall–Kier alpha value is -1.75. The van der Waals surface area contributed by atoms with Gasteiger partial charge in [0, 0.05) is 28.0 Å². The average molecular weight is 322 g/mol. The van der Waals surface area contributed by atoms with E-state index in [1.807, 2.05) is 12.1 Å². The van der Waals surface area contributed by atoms with E-state index in [0.717, 1.165) is 10.9 Å². The number of ketones is 1. The second kappa shape index (κ2) is 5.93. The highest BCUT2D eigenvalue weighted by Gasteiger charge is 2.21. The summed E-state index contributed by atoms with van der Waals surface area (Å²) in [5.41, 5.74) is 1.76. The van der Waals surface area contributed by atoms with E-state index in [0.29, 0.717) is 16.5 Å². The summed E-state index contributed by atoms with van der Waals surface area (Å²) in [7, 11) is 0. The van der Waals surface area contributed by atoms with E-state index in [1.54, 1.807) is 25.3 Å². The van der Waals surface area contributed by atoms with Crippen LogP contribution in [-0.4, -0.2) is 23.3 Å². The van der Waals surface area contributed by atoms with E-state index in [9.17, 15) is 9.59 Å². The molecular weight excluding hydrogens is 310 g/mol. The molecule has 1 aromatic carbocycles. The van der Waals surface area contributed by atoms with E-state index < -0.39 is 11.8 Å². The number of carbonyl (C=O) groups excluding carboxylic acids is 2. The quantitative estimate of drug-likeness (QED) is 0.376. The summed E-state index contributed by atoms with van der Waals surface area (Å²) >= 11 is 3.34. The fourth-order valence-corrected chi connectivity index (χ4v) is 2.43. The molecule has 19 heavy (non-hydrogen) atoms. The van der Waals surface area contributed by atoms with Gasteiger partial charge in [-0.1, -0.05) is 28.1 Å². The molecule has 0 fully saturated rings. The van der Waals surface area contributed by atoms with Crippen molar-refractivity contribution in [2.45, 2.75) is 12.3 Å². The molecule has 4 nitrogen and oxygen atoms in total. The molecule has 0 aliphatic carbocycles. The zero-order valence-electron chi connectivity index (χ0n) is 10.4. The minimum absolute atomic E-state index is 0.181. The van der Waals surface area contributed by atoms with Gasteiger partial charge in [0.05, 0.1) is 12.1 Å². The Kier molecular flexibility index (Phi) is 4.27. The highest BCUT2D eigenvalue weighted by atomic mass is 79.9. The topological polar surface area (TPSA) is 56.3 Å². The molecule has 0 unspecified atom stereocenters. The molecule has 2 aromatic rings. The Morgan fingerprint density at radius 2 is 2.11 bits per heavy atom. The van der Waals surface area contributed by atoms with Crippen molar-refractivity contribution in [1.29, 1.82) is 0 Å². The molecule has 2 rings (SSSR count). The van der Waals surface area contributed by atoms with Gasteiger partial charge in [0.25, 0.3) is 5.78 Å².